The van der Waals surface area contributed by atoms with Crippen LogP contribution in [0.25, 0.3) is 11.1 Å². The number of carbonyl (C=O) groups is 3. The molecule has 0 aliphatic carbocycles. The summed E-state index contributed by atoms with van der Waals surface area (Å²) in [4.78, 5) is 36.4. The molecule has 0 aliphatic heterocycles. The van der Waals surface area contributed by atoms with Gasteiger partial charge in [0.05, 0.1) is 24.3 Å². The summed E-state index contributed by atoms with van der Waals surface area (Å²) in [6.45, 7) is 7.54. The van der Waals surface area contributed by atoms with Gasteiger partial charge < -0.3 is 18.9 Å². The summed E-state index contributed by atoms with van der Waals surface area (Å²) in [5, 5.41) is 0. The molecule has 186 valence electrons. The van der Waals surface area contributed by atoms with Crippen molar-refractivity contribution in [3.63, 3.8) is 0 Å². The normalized spacial score (nSPS) is 11.2. The zero-order chi connectivity index (χ0) is 25.9. The molecule has 0 saturated heterocycles. The first-order valence-electron chi connectivity index (χ1n) is 11.5. The third kappa shape index (κ3) is 7.30. The van der Waals surface area contributed by atoms with E-state index in [1.807, 2.05) is 12.1 Å². The molecule has 1 atom stereocenters. The molecule has 0 radical (unpaired) electrons. The highest BCUT2D eigenvalue weighted by Crippen LogP contribution is 2.24. The Balaban J connectivity index is 1.57. The van der Waals surface area contributed by atoms with E-state index in [2.05, 4.69) is 6.58 Å². The molecule has 0 N–H and O–H groups in total. The first-order chi connectivity index (χ1) is 17.4. The minimum Gasteiger partial charge on any atom is -0.493 e. The van der Waals surface area contributed by atoms with Crippen LogP contribution in [0.15, 0.2) is 85.5 Å². The average molecular weight is 489 g/mol. The minimum atomic E-state index is -0.985. The van der Waals surface area contributed by atoms with Gasteiger partial charge in [0, 0.05) is 0 Å². The number of carbonyl (C=O) groups excluding carboxylic acids is 3. The Morgan fingerprint density at radius 1 is 0.806 bits per heavy atom. The highest BCUT2D eigenvalue weighted by molar-refractivity contribution is 5.92. The molecule has 0 aliphatic rings. The van der Waals surface area contributed by atoms with E-state index in [1.165, 1.54) is 6.92 Å². The van der Waals surface area contributed by atoms with Crippen LogP contribution < -0.4 is 9.47 Å². The van der Waals surface area contributed by atoms with Crippen molar-refractivity contribution < 1.29 is 33.3 Å². The largest absolute Gasteiger partial charge is 0.493 e. The van der Waals surface area contributed by atoms with Crippen molar-refractivity contribution in [2.75, 3.05) is 13.2 Å². The van der Waals surface area contributed by atoms with Crippen molar-refractivity contribution in [1.29, 1.82) is 0 Å². The average Bonchev–Trinajstić information content (AvgIpc) is 2.90. The van der Waals surface area contributed by atoms with Crippen molar-refractivity contribution in [2.45, 2.75) is 26.4 Å². The van der Waals surface area contributed by atoms with Gasteiger partial charge in [-0.2, -0.15) is 0 Å². The van der Waals surface area contributed by atoms with Crippen molar-refractivity contribution in [3.8, 4) is 22.6 Å². The van der Waals surface area contributed by atoms with Gasteiger partial charge in [0.25, 0.3) is 0 Å². The van der Waals surface area contributed by atoms with Crippen LogP contribution in [0, 0.1) is 0 Å². The van der Waals surface area contributed by atoms with Gasteiger partial charge in [0.1, 0.15) is 11.5 Å². The number of ether oxygens (including phenoxy) is 4. The molecule has 0 fully saturated rings. The molecule has 0 amide bonds. The molecule has 0 spiro atoms. The molecule has 36 heavy (non-hydrogen) atoms. The standard InChI is InChI=1S/C29H28O7/c1-4-6-19-34-25-15-13-24(14-16-25)29(32)36-26-17-11-22(12-18-26)21-7-9-23(10-8-21)28(31)35-20(3)27(30)33-5-2/h4,7-18,20H,1,5-6,19H2,2-3H3. The van der Waals surface area contributed by atoms with Gasteiger partial charge in [-0.05, 0) is 79.9 Å². The van der Waals surface area contributed by atoms with E-state index < -0.39 is 24.0 Å². The SMILES string of the molecule is C=CCCOc1ccc(C(=O)Oc2ccc(-c3ccc(C(=O)OC(C)C(=O)OCC)cc3)cc2)cc1. The maximum absolute atomic E-state index is 12.4. The maximum Gasteiger partial charge on any atom is 0.347 e. The number of benzene rings is 3. The third-order valence-electron chi connectivity index (χ3n) is 5.10. The Bertz CT molecular complexity index is 1180. The maximum atomic E-state index is 12.4. The zero-order valence-corrected chi connectivity index (χ0v) is 20.3. The lowest BCUT2D eigenvalue weighted by molar-refractivity contribution is -0.152. The summed E-state index contributed by atoms with van der Waals surface area (Å²) < 4.78 is 21.0. The lowest BCUT2D eigenvalue weighted by Crippen LogP contribution is -2.26. The van der Waals surface area contributed by atoms with E-state index in [0.29, 0.717) is 29.2 Å². The second kappa shape index (κ2) is 12.9. The van der Waals surface area contributed by atoms with Crippen molar-refractivity contribution >= 4 is 17.9 Å². The fourth-order valence-corrected chi connectivity index (χ4v) is 3.16. The Morgan fingerprint density at radius 2 is 1.33 bits per heavy atom. The van der Waals surface area contributed by atoms with Crippen molar-refractivity contribution in [2.24, 2.45) is 0 Å². The van der Waals surface area contributed by atoms with E-state index in [4.69, 9.17) is 18.9 Å². The number of hydrogen-bond acceptors (Lipinski definition) is 7. The van der Waals surface area contributed by atoms with Gasteiger partial charge in [0.15, 0.2) is 6.10 Å². The van der Waals surface area contributed by atoms with Crippen LogP contribution in [0.1, 0.15) is 41.0 Å². The first-order valence-corrected chi connectivity index (χ1v) is 11.5. The second-order valence-corrected chi connectivity index (χ2v) is 7.74. The van der Waals surface area contributed by atoms with Crippen LogP contribution in [0.5, 0.6) is 11.5 Å². The molecular weight excluding hydrogens is 460 g/mol. The molecule has 1 unspecified atom stereocenters. The second-order valence-electron chi connectivity index (χ2n) is 7.74. The molecule has 3 rings (SSSR count). The first kappa shape index (κ1) is 26.2. The third-order valence-corrected chi connectivity index (χ3v) is 5.10. The molecular formula is C29H28O7. The van der Waals surface area contributed by atoms with Crippen LogP contribution in [-0.4, -0.2) is 37.2 Å². The molecule has 0 heterocycles. The van der Waals surface area contributed by atoms with Gasteiger partial charge in [-0.1, -0.05) is 30.3 Å². The van der Waals surface area contributed by atoms with Crippen molar-refractivity contribution in [1.82, 2.24) is 0 Å². The predicted octanol–water partition coefficient (Wildman–Crippen LogP) is 5.64. The predicted molar refractivity (Wildman–Crippen MR) is 135 cm³/mol. The van der Waals surface area contributed by atoms with Crippen LogP contribution in [-0.2, 0) is 14.3 Å². The summed E-state index contributed by atoms with van der Waals surface area (Å²) in [7, 11) is 0. The number of hydrogen-bond donors (Lipinski definition) is 0. The van der Waals surface area contributed by atoms with E-state index in [0.717, 1.165) is 17.5 Å². The Morgan fingerprint density at radius 3 is 1.92 bits per heavy atom. The van der Waals surface area contributed by atoms with E-state index in [-0.39, 0.29) is 6.61 Å². The summed E-state index contributed by atoms with van der Waals surface area (Å²) >= 11 is 0. The number of rotatable bonds is 11. The monoisotopic (exact) mass is 488 g/mol. The van der Waals surface area contributed by atoms with E-state index in [1.54, 1.807) is 73.7 Å². The van der Waals surface area contributed by atoms with Crippen LogP contribution in [0.4, 0.5) is 0 Å². The summed E-state index contributed by atoms with van der Waals surface area (Å²) in [6, 6.07) is 20.6. The quantitative estimate of drug-likeness (QED) is 0.149. The Kier molecular flexibility index (Phi) is 9.40. The summed E-state index contributed by atoms with van der Waals surface area (Å²) in [6.07, 6.45) is 1.53. The highest BCUT2D eigenvalue weighted by Gasteiger charge is 2.20. The van der Waals surface area contributed by atoms with E-state index >= 15 is 0 Å². The molecule has 0 aromatic heterocycles. The summed E-state index contributed by atoms with van der Waals surface area (Å²) in [5.74, 6) is -0.594. The van der Waals surface area contributed by atoms with Gasteiger partial charge in [-0.3, -0.25) is 0 Å². The Labute approximate surface area is 210 Å². The van der Waals surface area contributed by atoms with Crippen LogP contribution in [0.3, 0.4) is 0 Å². The topological polar surface area (TPSA) is 88.1 Å². The van der Waals surface area contributed by atoms with Crippen LogP contribution >= 0.6 is 0 Å². The van der Waals surface area contributed by atoms with E-state index in [9.17, 15) is 14.4 Å². The summed E-state index contributed by atoms with van der Waals surface area (Å²) in [5.41, 5.74) is 2.46. The fraction of sp³-hybridized carbons (Fsp3) is 0.207. The molecule has 0 bridgehead atoms. The Hall–Kier alpha value is -4.39. The molecule has 0 saturated carbocycles. The van der Waals surface area contributed by atoms with Gasteiger partial charge >= 0.3 is 17.9 Å². The van der Waals surface area contributed by atoms with Gasteiger partial charge in [-0.15, -0.1) is 6.58 Å². The van der Waals surface area contributed by atoms with Gasteiger partial charge in [0.2, 0.25) is 0 Å². The highest BCUT2D eigenvalue weighted by atomic mass is 16.6. The molecule has 7 heteroatoms. The number of esters is 3. The van der Waals surface area contributed by atoms with Crippen molar-refractivity contribution in [3.05, 3.63) is 96.6 Å². The van der Waals surface area contributed by atoms with Gasteiger partial charge in [-0.25, -0.2) is 14.4 Å². The minimum absolute atomic E-state index is 0.215. The molecule has 3 aromatic rings. The lowest BCUT2D eigenvalue weighted by atomic mass is 10.0. The smallest absolute Gasteiger partial charge is 0.347 e. The van der Waals surface area contributed by atoms with Crippen LogP contribution in [0.2, 0.25) is 0 Å². The lowest BCUT2D eigenvalue weighted by Gasteiger charge is -2.12. The zero-order valence-electron chi connectivity index (χ0n) is 20.3. The fourth-order valence-electron chi connectivity index (χ4n) is 3.16. The molecule has 7 nitrogen and oxygen atoms in total. The molecule has 3 aromatic carbocycles.